The van der Waals surface area contributed by atoms with Crippen LogP contribution in [0.15, 0.2) is 55.0 Å². The molecule has 2 aromatic heterocycles. The van der Waals surface area contributed by atoms with Crippen LogP contribution in [0.5, 0.6) is 0 Å². The third-order valence-corrected chi connectivity index (χ3v) is 5.08. The lowest BCUT2D eigenvalue weighted by Crippen LogP contribution is -2.19. The van der Waals surface area contributed by atoms with Gasteiger partial charge in [0.05, 0.1) is 29.8 Å². The molecule has 1 saturated carbocycles. The molecule has 23 heavy (non-hydrogen) atoms. The first-order chi connectivity index (χ1) is 11.3. The van der Waals surface area contributed by atoms with E-state index >= 15 is 0 Å². The van der Waals surface area contributed by atoms with E-state index in [4.69, 9.17) is 0 Å². The fourth-order valence-corrected chi connectivity index (χ4v) is 3.85. The quantitative estimate of drug-likeness (QED) is 0.767. The Labute approximate surface area is 136 Å². The van der Waals surface area contributed by atoms with Crippen molar-refractivity contribution in [1.29, 1.82) is 0 Å². The van der Waals surface area contributed by atoms with Gasteiger partial charge in [0.25, 0.3) is 0 Å². The molecule has 4 rings (SSSR count). The van der Waals surface area contributed by atoms with Gasteiger partial charge in [0, 0.05) is 5.56 Å². The molecule has 1 aromatic carbocycles. The lowest BCUT2D eigenvalue weighted by atomic mass is 9.82. The average molecular weight is 306 g/mol. The Kier molecular flexibility index (Phi) is 3.88. The van der Waals surface area contributed by atoms with Crippen molar-refractivity contribution < 1.29 is 5.11 Å². The standard InChI is InChI=1S/C20H22N2O/c23-20(16-9-5-2-6-10-16)19-18(15-7-3-1-4-8-15)12-11-17-13-21-14-22(17)19/h1,3-4,7-8,11-14,16,20,23H,2,5-6,9-10H2. The summed E-state index contributed by atoms with van der Waals surface area (Å²) in [5.74, 6) is 0.346. The van der Waals surface area contributed by atoms with Crippen molar-refractivity contribution in [3.63, 3.8) is 0 Å². The smallest absolute Gasteiger partial charge is 0.0995 e. The molecule has 1 atom stereocenters. The number of rotatable bonds is 3. The highest BCUT2D eigenvalue weighted by molar-refractivity contribution is 5.69. The maximum absolute atomic E-state index is 11.2. The van der Waals surface area contributed by atoms with E-state index in [9.17, 15) is 5.11 Å². The SMILES string of the molecule is OC(c1c(-c2ccccc2)ccc2cncn12)C1CCCCC1. The van der Waals surface area contributed by atoms with E-state index in [1.54, 1.807) is 0 Å². The van der Waals surface area contributed by atoms with E-state index < -0.39 is 6.10 Å². The topological polar surface area (TPSA) is 37.5 Å². The molecule has 3 heteroatoms. The highest BCUT2D eigenvalue weighted by atomic mass is 16.3. The van der Waals surface area contributed by atoms with Crippen molar-refractivity contribution in [3.05, 3.63) is 60.7 Å². The minimum Gasteiger partial charge on any atom is -0.387 e. The number of fused-ring (bicyclic) bond motifs is 1. The minimum atomic E-state index is -0.441. The largest absolute Gasteiger partial charge is 0.387 e. The molecular formula is C20H22N2O. The normalized spacial score (nSPS) is 17.4. The summed E-state index contributed by atoms with van der Waals surface area (Å²) in [6.45, 7) is 0. The van der Waals surface area contributed by atoms with E-state index in [2.05, 4.69) is 33.7 Å². The van der Waals surface area contributed by atoms with Gasteiger partial charge < -0.3 is 5.11 Å². The molecule has 0 spiro atoms. The summed E-state index contributed by atoms with van der Waals surface area (Å²) in [4.78, 5) is 4.28. The summed E-state index contributed by atoms with van der Waals surface area (Å²) in [5.41, 5.74) is 4.27. The number of aromatic nitrogens is 2. The molecule has 1 aliphatic rings. The van der Waals surface area contributed by atoms with E-state index in [1.165, 1.54) is 19.3 Å². The fourth-order valence-electron chi connectivity index (χ4n) is 3.85. The first kappa shape index (κ1) is 14.5. The van der Waals surface area contributed by atoms with Crippen molar-refractivity contribution >= 4 is 5.52 Å². The molecule has 1 fully saturated rings. The van der Waals surface area contributed by atoms with Crippen molar-refractivity contribution in [3.8, 4) is 11.1 Å². The second-order valence-corrected chi connectivity index (χ2v) is 6.53. The van der Waals surface area contributed by atoms with Crippen LogP contribution in [0.4, 0.5) is 0 Å². The van der Waals surface area contributed by atoms with Gasteiger partial charge >= 0.3 is 0 Å². The molecule has 3 aromatic rings. The van der Waals surface area contributed by atoms with Crippen LogP contribution in [-0.2, 0) is 0 Å². The molecule has 1 N–H and O–H groups in total. The number of nitrogens with zero attached hydrogens (tertiary/aromatic N) is 2. The summed E-state index contributed by atoms with van der Waals surface area (Å²) >= 11 is 0. The third kappa shape index (κ3) is 2.66. The second kappa shape index (κ2) is 6.17. The molecule has 0 aliphatic heterocycles. The molecule has 0 amide bonds. The molecule has 118 valence electrons. The monoisotopic (exact) mass is 306 g/mol. The summed E-state index contributed by atoms with van der Waals surface area (Å²) in [6, 6.07) is 14.5. The molecule has 3 nitrogen and oxygen atoms in total. The zero-order valence-electron chi connectivity index (χ0n) is 13.2. The maximum Gasteiger partial charge on any atom is 0.0995 e. The number of aliphatic hydroxyl groups is 1. The van der Waals surface area contributed by atoms with Gasteiger partial charge in [0.15, 0.2) is 0 Å². The van der Waals surface area contributed by atoms with Crippen LogP contribution >= 0.6 is 0 Å². The lowest BCUT2D eigenvalue weighted by Gasteiger charge is -2.28. The van der Waals surface area contributed by atoms with E-state index in [-0.39, 0.29) is 0 Å². The Bertz CT molecular complexity index is 788. The number of imidazole rings is 1. The van der Waals surface area contributed by atoms with Crippen LogP contribution in [-0.4, -0.2) is 14.5 Å². The highest BCUT2D eigenvalue weighted by Crippen LogP contribution is 2.38. The molecular weight excluding hydrogens is 284 g/mol. The molecule has 0 radical (unpaired) electrons. The predicted molar refractivity (Wildman–Crippen MR) is 92.2 cm³/mol. The zero-order valence-corrected chi connectivity index (χ0v) is 13.2. The molecule has 0 saturated heterocycles. The fraction of sp³-hybridized carbons (Fsp3) is 0.350. The first-order valence-corrected chi connectivity index (χ1v) is 8.53. The van der Waals surface area contributed by atoms with E-state index in [0.717, 1.165) is 35.2 Å². The van der Waals surface area contributed by atoms with Crippen molar-refractivity contribution in [1.82, 2.24) is 9.38 Å². The molecule has 1 aliphatic carbocycles. The Morgan fingerprint density at radius 1 is 1.00 bits per heavy atom. The minimum absolute atomic E-state index is 0.346. The Balaban J connectivity index is 1.86. The van der Waals surface area contributed by atoms with Gasteiger partial charge in [0.2, 0.25) is 0 Å². The zero-order chi connectivity index (χ0) is 15.6. The summed E-state index contributed by atoms with van der Waals surface area (Å²) in [5, 5.41) is 11.2. The van der Waals surface area contributed by atoms with Gasteiger partial charge in [-0.1, -0.05) is 55.7 Å². The van der Waals surface area contributed by atoms with Gasteiger partial charge in [-0.15, -0.1) is 0 Å². The van der Waals surface area contributed by atoms with Crippen molar-refractivity contribution in [2.45, 2.75) is 38.2 Å². The number of hydrogen-bond donors (Lipinski definition) is 1. The summed E-state index contributed by atoms with van der Waals surface area (Å²) < 4.78 is 2.06. The third-order valence-electron chi connectivity index (χ3n) is 5.08. The van der Waals surface area contributed by atoms with Gasteiger partial charge in [-0.25, -0.2) is 4.98 Å². The predicted octanol–water partition coefficient (Wildman–Crippen LogP) is 4.62. The Hall–Kier alpha value is -2.13. The van der Waals surface area contributed by atoms with Gasteiger partial charge in [-0.2, -0.15) is 0 Å². The number of benzene rings is 1. The van der Waals surface area contributed by atoms with E-state index in [0.29, 0.717) is 5.92 Å². The number of aliphatic hydroxyl groups excluding tert-OH is 1. The summed E-state index contributed by atoms with van der Waals surface area (Å²) in [7, 11) is 0. The maximum atomic E-state index is 11.2. The van der Waals surface area contributed by atoms with Crippen LogP contribution in [0.1, 0.15) is 43.9 Å². The summed E-state index contributed by atoms with van der Waals surface area (Å²) in [6.07, 6.45) is 9.20. The van der Waals surface area contributed by atoms with Crippen LogP contribution in [0.25, 0.3) is 16.6 Å². The van der Waals surface area contributed by atoms with Crippen LogP contribution in [0.3, 0.4) is 0 Å². The van der Waals surface area contributed by atoms with Gasteiger partial charge in [-0.05, 0) is 30.4 Å². The average Bonchev–Trinajstić information content (AvgIpc) is 3.10. The van der Waals surface area contributed by atoms with Crippen LogP contribution in [0.2, 0.25) is 0 Å². The highest BCUT2D eigenvalue weighted by Gasteiger charge is 2.27. The van der Waals surface area contributed by atoms with Crippen LogP contribution < -0.4 is 0 Å². The Morgan fingerprint density at radius 2 is 1.78 bits per heavy atom. The van der Waals surface area contributed by atoms with Crippen LogP contribution in [0, 0.1) is 5.92 Å². The van der Waals surface area contributed by atoms with Crippen molar-refractivity contribution in [2.24, 2.45) is 5.92 Å². The lowest BCUT2D eigenvalue weighted by molar-refractivity contribution is 0.0807. The van der Waals surface area contributed by atoms with Crippen molar-refractivity contribution in [2.75, 3.05) is 0 Å². The Morgan fingerprint density at radius 3 is 2.57 bits per heavy atom. The second-order valence-electron chi connectivity index (χ2n) is 6.53. The van der Waals surface area contributed by atoms with E-state index in [1.807, 2.05) is 30.7 Å². The first-order valence-electron chi connectivity index (χ1n) is 8.53. The number of hydrogen-bond acceptors (Lipinski definition) is 2. The van der Waals surface area contributed by atoms with Gasteiger partial charge in [0.1, 0.15) is 0 Å². The molecule has 0 bridgehead atoms. The molecule has 1 unspecified atom stereocenters. The molecule has 2 heterocycles. The van der Waals surface area contributed by atoms with Gasteiger partial charge in [-0.3, -0.25) is 4.40 Å². The number of pyridine rings is 1.